The number of aryl methyl sites for hydroxylation is 2. The summed E-state index contributed by atoms with van der Waals surface area (Å²) in [5, 5.41) is 16.3. The van der Waals surface area contributed by atoms with Gasteiger partial charge >= 0.3 is 0 Å². The van der Waals surface area contributed by atoms with Gasteiger partial charge in [-0.15, -0.1) is 10.2 Å². The lowest BCUT2D eigenvalue weighted by Gasteiger charge is -2.35. The fourth-order valence-electron chi connectivity index (χ4n) is 3.02. The normalized spacial score (nSPS) is 14.7. The second-order valence-corrected chi connectivity index (χ2v) is 6.07. The molecular formula is C16H18N8O2. The lowest BCUT2D eigenvalue weighted by atomic mass is 10.1. The van der Waals surface area contributed by atoms with Crippen molar-refractivity contribution in [2.24, 2.45) is 0 Å². The average Bonchev–Trinajstić information content (AvgIpc) is 3.32. The van der Waals surface area contributed by atoms with E-state index >= 15 is 0 Å². The van der Waals surface area contributed by atoms with Gasteiger partial charge in [-0.05, 0) is 26.0 Å². The Morgan fingerprint density at radius 1 is 1.08 bits per heavy atom. The topological polar surface area (TPSA) is 106 Å². The van der Waals surface area contributed by atoms with Crippen LogP contribution in [0.25, 0.3) is 5.82 Å². The minimum absolute atomic E-state index is 0.0338. The highest BCUT2D eigenvalue weighted by atomic mass is 16.5. The minimum Gasteiger partial charge on any atom is -0.361 e. The quantitative estimate of drug-likeness (QED) is 0.674. The summed E-state index contributed by atoms with van der Waals surface area (Å²) in [6.45, 7) is 6.13. The summed E-state index contributed by atoms with van der Waals surface area (Å²) < 4.78 is 6.65. The van der Waals surface area contributed by atoms with Crippen LogP contribution in [-0.4, -0.2) is 67.1 Å². The zero-order valence-corrected chi connectivity index (χ0v) is 14.5. The van der Waals surface area contributed by atoms with Gasteiger partial charge in [-0.3, -0.25) is 4.79 Å². The highest BCUT2D eigenvalue weighted by molar-refractivity contribution is 5.96. The Kier molecular flexibility index (Phi) is 4.07. The first-order valence-electron chi connectivity index (χ1n) is 8.29. The summed E-state index contributed by atoms with van der Waals surface area (Å²) in [5.41, 5.74) is 1.19. The fourth-order valence-corrected chi connectivity index (χ4v) is 3.02. The summed E-state index contributed by atoms with van der Waals surface area (Å²) in [4.78, 5) is 20.5. The molecule has 1 saturated heterocycles. The number of aromatic nitrogens is 6. The molecule has 10 heteroatoms. The van der Waals surface area contributed by atoms with E-state index in [4.69, 9.17) is 4.52 Å². The molecule has 134 valence electrons. The maximum absolute atomic E-state index is 12.7. The second kappa shape index (κ2) is 6.54. The van der Waals surface area contributed by atoms with Gasteiger partial charge in [0.05, 0.1) is 5.69 Å². The van der Waals surface area contributed by atoms with Crippen LogP contribution < -0.4 is 4.90 Å². The van der Waals surface area contributed by atoms with Gasteiger partial charge in [0.1, 0.15) is 24.0 Å². The molecule has 0 saturated carbocycles. The van der Waals surface area contributed by atoms with Crippen molar-refractivity contribution in [3.8, 4) is 5.82 Å². The van der Waals surface area contributed by atoms with Gasteiger partial charge in [-0.2, -0.15) is 5.10 Å². The summed E-state index contributed by atoms with van der Waals surface area (Å²) in [6.07, 6.45) is 3.02. The van der Waals surface area contributed by atoms with Crippen molar-refractivity contribution in [3.05, 3.63) is 41.8 Å². The Morgan fingerprint density at radius 3 is 2.38 bits per heavy atom. The molecule has 0 bridgehead atoms. The van der Waals surface area contributed by atoms with E-state index < -0.39 is 0 Å². The molecule has 0 radical (unpaired) electrons. The van der Waals surface area contributed by atoms with E-state index in [1.807, 2.05) is 17.0 Å². The number of hydrogen-bond acceptors (Lipinski definition) is 8. The first-order chi connectivity index (χ1) is 12.6. The third-order valence-corrected chi connectivity index (χ3v) is 4.43. The van der Waals surface area contributed by atoms with Crippen LogP contribution in [-0.2, 0) is 0 Å². The van der Waals surface area contributed by atoms with E-state index in [-0.39, 0.29) is 5.91 Å². The van der Waals surface area contributed by atoms with Gasteiger partial charge < -0.3 is 14.3 Å². The predicted molar refractivity (Wildman–Crippen MR) is 91.0 cm³/mol. The summed E-state index contributed by atoms with van der Waals surface area (Å²) in [5.74, 6) is 1.91. The molecule has 4 rings (SSSR count). The third kappa shape index (κ3) is 2.89. The number of carbonyl (C=O) groups excluding carboxylic acids is 1. The third-order valence-electron chi connectivity index (χ3n) is 4.43. The van der Waals surface area contributed by atoms with Crippen molar-refractivity contribution >= 4 is 11.7 Å². The molecule has 0 aliphatic carbocycles. The van der Waals surface area contributed by atoms with Gasteiger partial charge in [0, 0.05) is 26.2 Å². The molecule has 0 aromatic carbocycles. The van der Waals surface area contributed by atoms with E-state index in [1.165, 1.54) is 6.33 Å². The Hall–Kier alpha value is -3.30. The molecule has 10 nitrogen and oxygen atoms in total. The maximum atomic E-state index is 12.7. The summed E-state index contributed by atoms with van der Waals surface area (Å²) in [6, 6.07) is 3.74. The molecule has 4 heterocycles. The van der Waals surface area contributed by atoms with Crippen LogP contribution in [0.2, 0.25) is 0 Å². The van der Waals surface area contributed by atoms with Crippen LogP contribution in [0.3, 0.4) is 0 Å². The van der Waals surface area contributed by atoms with E-state index in [1.54, 1.807) is 24.9 Å². The highest BCUT2D eigenvalue weighted by Gasteiger charge is 2.27. The lowest BCUT2D eigenvalue weighted by Crippen LogP contribution is -2.49. The van der Waals surface area contributed by atoms with Gasteiger partial charge in [0.15, 0.2) is 11.6 Å². The van der Waals surface area contributed by atoms with Crippen molar-refractivity contribution < 1.29 is 9.32 Å². The molecule has 1 aliphatic rings. The van der Waals surface area contributed by atoms with Crippen LogP contribution in [0.5, 0.6) is 0 Å². The van der Waals surface area contributed by atoms with E-state index in [0.717, 1.165) is 5.82 Å². The number of rotatable bonds is 3. The zero-order chi connectivity index (χ0) is 18.1. The molecule has 0 atom stereocenters. The standard InChI is InChI=1S/C16H18N8O2/c1-11-15(12(2)26-21-11)16(25)23-7-5-22(6-8-23)13-3-4-14(20-19-13)24-10-17-9-18-24/h3-4,9-10H,5-8H2,1-2H3. The smallest absolute Gasteiger partial charge is 0.259 e. The van der Waals surface area contributed by atoms with Crippen LogP contribution in [0, 0.1) is 13.8 Å². The Labute approximate surface area is 149 Å². The molecule has 26 heavy (non-hydrogen) atoms. The maximum Gasteiger partial charge on any atom is 0.259 e. The molecule has 0 unspecified atom stereocenters. The molecule has 1 fully saturated rings. The van der Waals surface area contributed by atoms with Crippen LogP contribution in [0.4, 0.5) is 5.82 Å². The van der Waals surface area contributed by atoms with Crippen molar-refractivity contribution in [2.75, 3.05) is 31.1 Å². The van der Waals surface area contributed by atoms with Gasteiger partial charge in [0.2, 0.25) is 0 Å². The van der Waals surface area contributed by atoms with Gasteiger partial charge in [0.25, 0.3) is 5.91 Å². The van der Waals surface area contributed by atoms with Crippen molar-refractivity contribution in [1.29, 1.82) is 0 Å². The van der Waals surface area contributed by atoms with Crippen molar-refractivity contribution in [3.63, 3.8) is 0 Å². The summed E-state index contributed by atoms with van der Waals surface area (Å²) >= 11 is 0. The summed E-state index contributed by atoms with van der Waals surface area (Å²) in [7, 11) is 0. The molecule has 3 aromatic heterocycles. The van der Waals surface area contributed by atoms with E-state index in [0.29, 0.717) is 49.0 Å². The molecule has 1 aliphatic heterocycles. The first-order valence-corrected chi connectivity index (χ1v) is 8.29. The van der Waals surface area contributed by atoms with Crippen molar-refractivity contribution in [2.45, 2.75) is 13.8 Å². The molecular weight excluding hydrogens is 336 g/mol. The largest absolute Gasteiger partial charge is 0.361 e. The fraction of sp³-hybridized carbons (Fsp3) is 0.375. The minimum atomic E-state index is -0.0338. The van der Waals surface area contributed by atoms with Gasteiger partial charge in [-0.1, -0.05) is 5.16 Å². The number of piperazine rings is 1. The molecule has 0 N–H and O–H groups in total. The monoisotopic (exact) mass is 354 g/mol. The number of amides is 1. The number of nitrogens with zero attached hydrogens (tertiary/aromatic N) is 8. The highest BCUT2D eigenvalue weighted by Crippen LogP contribution is 2.18. The Morgan fingerprint density at radius 2 is 1.81 bits per heavy atom. The molecule has 3 aromatic rings. The second-order valence-electron chi connectivity index (χ2n) is 6.07. The molecule has 0 spiro atoms. The number of carbonyl (C=O) groups is 1. The zero-order valence-electron chi connectivity index (χ0n) is 14.5. The molecule has 1 amide bonds. The number of hydrogen-bond donors (Lipinski definition) is 0. The average molecular weight is 354 g/mol. The Balaban J connectivity index is 1.41. The van der Waals surface area contributed by atoms with E-state index in [2.05, 4.69) is 30.3 Å². The van der Waals surface area contributed by atoms with Crippen LogP contribution >= 0.6 is 0 Å². The predicted octanol–water partition coefficient (Wildman–Crippen LogP) is 0.625. The van der Waals surface area contributed by atoms with Gasteiger partial charge in [-0.25, -0.2) is 9.67 Å². The van der Waals surface area contributed by atoms with E-state index in [9.17, 15) is 4.79 Å². The number of anilines is 1. The Bertz CT molecular complexity index is 875. The van der Waals surface area contributed by atoms with Crippen LogP contribution in [0.1, 0.15) is 21.8 Å². The van der Waals surface area contributed by atoms with Crippen molar-refractivity contribution in [1.82, 2.24) is 35.0 Å². The SMILES string of the molecule is Cc1noc(C)c1C(=O)N1CCN(c2ccc(-n3cncn3)nn2)CC1. The first kappa shape index (κ1) is 16.2. The lowest BCUT2D eigenvalue weighted by molar-refractivity contribution is 0.0744. The van der Waals surface area contributed by atoms with Crippen LogP contribution in [0.15, 0.2) is 29.3 Å².